The van der Waals surface area contributed by atoms with Crippen molar-refractivity contribution in [3.63, 3.8) is 0 Å². The molecule has 0 aromatic heterocycles. The zero-order valence-corrected chi connectivity index (χ0v) is 19.7. The van der Waals surface area contributed by atoms with Gasteiger partial charge in [-0.05, 0) is 63.6 Å². The molecule has 0 saturated carbocycles. The van der Waals surface area contributed by atoms with Gasteiger partial charge in [0, 0.05) is 34.7 Å². The van der Waals surface area contributed by atoms with Crippen molar-refractivity contribution in [3.05, 3.63) is 66.2 Å². The summed E-state index contributed by atoms with van der Waals surface area (Å²) in [5, 5.41) is 10.4. The summed E-state index contributed by atoms with van der Waals surface area (Å²) in [5.74, 6) is 0.387. The Balaban J connectivity index is 2.22. The van der Waals surface area contributed by atoms with Crippen molar-refractivity contribution in [2.45, 2.75) is 72.5 Å². The van der Waals surface area contributed by atoms with Crippen LogP contribution in [0.4, 0.5) is 10.1 Å². The summed E-state index contributed by atoms with van der Waals surface area (Å²) in [4.78, 5) is 0. The van der Waals surface area contributed by atoms with Crippen LogP contribution in [0.3, 0.4) is 0 Å². The number of rotatable bonds is 9. The summed E-state index contributed by atoms with van der Waals surface area (Å²) in [6, 6.07) is 6.61. The lowest BCUT2D eigenvalue weighted by Gasteiger charge is -2.38. The minimum absolute atomic E-state index is 0.0477. The highest BCUT2D eigenvalue weighted by Gasteiger charge is 2.35. The van der Waals surface area contributed by atoms with Gasteiger partial charge in [-0.3, -0.25) is 0 Å². The van der Waals surface area contributed by atoms with E-state index in [2.05, 4.69) is 81.6 Å². The summed E-state index contributed by atoms with van der Waals surface area (Å²) >= 11 is 0. The Bertz CT molecular complexity index is 805. The Kier molecular flexibility index (Phi) is 7.44. The van der Waals surface area contributed by atoms with E-state index in [1.54, 1.807) is 13.8 Å². The van der Waals surface area contributed by atoms with Crippen LogP contribution in [0, 0.1) is 18.3 Å². The average Bonchev–Trinajstić information content (AvgIpc) is 2.80. The Labute approximate surface area is 182 Å². The first kappa shape index (κ1) is 24.0. The van der Waals surface area contributed by atoms with Crippen molar-refractivity contribution >= 4 is 5.69 Å². The number of nitrogens with one attached hydrogen (secondary N) is 3. The van der Waals surface area contributed by atoms with Gasteiger partial charge in [0.2, 0.25) is 0 Å². The number of fused-ring (bicyclic) bond motifs is 1. The molecule has 1 aliphatic rings. The summed E-state index contributed by atoms with van der Waals surface area (Å²) < 4.78 is 14.0. The van der Waals surface area contributed by atoms with E-state index in [0.717, 1.165) is 42.0 Å². The third-order valence-electron chi connectivity index (χ3n) is 6.50. The molecule has 30 heavy (non-hydrogen) atoms. The van der Waals surface area contributed by atoms with Gasteiger partial charge in [0.05, 0.1) is 6.04 Å². The Morgan fingerprint density at radius 2 is 1.87 bits per heavy atom. The van der Waals surface area contributed by atoms with E-state index < -0.39 is 11.1 Å². The van der Waals surface area contributed by atoms with Gasteiger partial charge in [-0.15, -0.1) is 0 Å². The molecule has 1 aromatic carbocycles. The second kappa shape index (κ2) is 9.28. The highest BCUT2D eigenvalue weighted by atomic mass is 19.1. The van der Waals surface area contributed by atoms with E-state index in [-0.39, 0.29) is 12.6 Å². The molecule has 166 valence electrons. The molecule has 0 aliphatic carbocycles. The molecule has 3 N–H and O–H groups in total. The van der Waals surface area contributed by atoms with E-state index in [1.807, 2.05) is 0 Å². The number of anilines is 1. The molecule has 3 atom stereocenters. The fourth-order valence-corrected chi connectivity index (χ4v) is 3.97. The van der Waals surface area contributed by atoms with Crippen LogP contribution >= 0.6 is 0 Å². The maximum atomic E-state index is 14.0. The number of hydrogen-bond donors (Lipinski definition) is 3. The lowest BCUT2D eigenvalue weighted by atomic mass is 9.79. The molecule has 2 rings (SSSR count). The smallest absolute Gasteiger partial charge is 0.122 e. The molecule has 0 amide bonds. The predicted molar refractivity (Wildman–Crippen MR) is 128 cm³/mol. The summed E-state index contributed by atoms with van der Waals surface area (Å²) in [6.45, 7) is 24.8. The summed E-state index contributed by atoms with van der Waals surface area (Å²) in [5.41, 5.74) is 4.60. The van der Waals surface area contributed by atoms with Crippen molar-refractivity contribution < 1.29 is 4.39 Å². The number of alkyl halides is 1. The standard InChI is InChI=1S/C26H40FN3/c1-10-21-15-22-13-12-17(3)14-23(22)29-18(4)24(21)30-20(6)26(9,11-2)19(5)28-16-25(7,8)27/h12-14,21,24,28-30H,4-6,10-11,15-16H2,1-3,7-9H3/t21-,24?,26?/m0/s1. The molecule has 1 aliphatic heterocycles. The molecule has 0 radical (unpaired) electrons. The second-order valence-corrected chi connectivity index (χ2v) is 9.52. The molecule has 4 heteroatoms. The van der Waals surface area contributed by atoms with E-state index >= 15 is 0 Å². The topological polar surface area (TPSA) is 36.1 Å². The fourth-order valence-electron chi connectivity index (χ4n) is 3.97. The molecule has 1 aromatic rings. The first-order valence-corrected chi connectivity index (χ1v) is 11.0. The normalized spacial score (nSPS) is 21.0. The van der Waals surface area contributed by atoms with E-state index in [0.29, 0.717) is 5.92 Å². The number of benzene rings is 1. The van der Waals surface area contributed by atoms with Gasteiger partial charge in [-0.1, -0.05) is 52.1 Å². The molecule has 0 saturated heterocycles. The Hall–Kier alpha value is -2.23. The van der Waals surface area contributed by atoms with Crippen molar-refractivity contribution in [2.24, 2.45) is 11.3 Å². The maximum Gasteiger partial charge on any atom is 0.122 e. The largest absolute Gasteiger partial charge is 0.385 e. The lowest BCUT2D eigenvalue weighted by molar-refractivity contribution is 0.210. The zero-order chi connectivity index (χ0) is 22.7. The van der Waals surface area contributed by atoms with Crippen LogP contribution in [0.15, 0.2) is 55.0 Å². The highest BCUT2D eigenvalue weighted by molar-refractivity contribution is 5.58. The van der Waals surface area contributed by atoms with Crippen molar-refractivity contribution in [1.82, 2.24) is 10.6 Å². The number of aryl methyl sites for hydroxylation is 1. The van der Waals surface area contributed by atoms with Crippen LogP contribution in [0.2, 0.25) is 0 Å². The third kappa shape index (κ3) is 5.47. The average molecular weight is 414 g/mol. The predicted octanol–water partition coefficient (Wildman–Crippen LogP) is 6.24. The van der Waals surface area contributed by atoms with Gasteiger partial charge in [-0.2, -0.15) is 0 Å². The second-order valence-electron chi connectivity index (χ2n) is 9.52. The fraction of sp³-hybridized carbons (Fsp3) is 0.538. The molecule has 3 nitrogen and oxygen atoms in total. The monoisotopic (exact) mass is 413 g/mol. The minimum atomic E-state index is -1.30. The van der Waals surface area contributed by atoms with Gasteiger partial charge in [0.15, 0.2) is 0 Å². The van der Waals surface area contributed by atoms with E-state index in [4.69, 9.17) is 0 Å². The molecule has 0 fully saturated rings. The van der Waals surface area contributed by atoms with Crippen LogP contribution in [-0.2, 0) is 6.42 Å². The molecule has 0 bridgehead atoms. The van der Waals surface area contributed by atoms with Gasteiger partial charge in [0.25, 0.3) is 0 Å². The quantitative estimate of drug-likeness (QED) is 0.448. The van der Waals surface area contributed by atoms with Crippen LogP contribution in [0.1, 0.15) is 58.6 Å². The van der Waals surface area contributed by atoms with E-state index in [1.165, 1.54) is 11.1 Å². The Morgan fingerprint density at radius 1 is 1.20 bits per heavy atom. The molecule has 0 spiro atoms. The summed E-state index contributed by atoms with van der Waals surface area (Å²) in [6.07, 6.45) is 2.80. The maximum absolute atomic E-state index is 14.0. The molecular formula is C26H40FN3. The molecule has 1 heterocycles. The van der Waals surface area contributed by atoms with Crippen molar-refractivity contribution in [3.8, 4) is 0 Å². The van der Waals surface area contributed by atoms with Crippen LogP contribution in [-0.4, -0.2) is 18.3 Å². The van der Waals surface area contributed by atoms with Gasteiger partial charge < -0.3 is 16.0 Å². The first-order valence-electron chi connectivity index (χ1n) is 11.0. The van der Waals surface area contributed by atoms with Crippen LogP contribution in [0.5, 0.6) is 0 Å². The number of hydrogen-bond acceptors (Lipinski definition) is 3. The van der Waals surface area contributed by atoms with Crippen LogP contribution < -0.4 is 16.0 Å². The Morgan fingerprint density at radius 3 is 2.43 bits per heavy atom. The van der Waals surface area contributed by atoms with Gasteiger partial charge in [0.1, 0.15) is 5.67 Å². The minimum Gasteiger partial charge on any atom is -0.385 e. The number of halogens is 1. The van der Waals surface area contributed by atoms with Crippen molar-refractivity contribution in [1.29, 1.82) is 0 Å². The van der Waals surface area contributed by atoms with Gasteiger partial charge in [-0.25, -0.2) is 4.39 Å². The highest BCUT2D eigenvalue weighted by Crippen LogP contribution is 2.37. The van der Waals surface area contributed by atoms with Crippen molar-refractivity contribution in [2.75, 3.05) is 11.9 Å². The summed E-state index contributed by atoms with van der Waals surface area (Å²) in [7, 11) is 0. The SMILES string of the molecule is C=C1Nc2cc(C)ccc2C[C@H](CC)C1NC(=C)C(C)(CC)C(=C)NCC(C)(C)F. The van der Waals surface area contributed by atoms with Crippen LogP contribution in [0.25, 0.3) is 0 Å². The lowest BCUT2D eigenvalue weighted by Crippen LogP contribution is -2.45. The first-order chi connectivity index (χ1) is 13.9. The third-order valence-corrected chi connectivity index (χ3v) is 6.50. The van der Waals surface area contributed by atoms with E-state index in [9.17, 15) is 4.39 Å². The zero-order valence-electron chi connectivity index (χ0n) is 19.7. The molecule has 2 unspecified atom stereocenters. The van der Waals surface area contributed by atoms with Gasteiger partial charge >= 0.3 is 0 Å². The molecular weight excluding hydrogens is 373 g/mol.